The van der Waals surface area contributed by atoms with Gasteiger partial charge in [-0.1, -0.05) is 29.3 Å². The molecular weight excluding hydrogens is 364 g/mol. The molecule has 0 bridgehead atoms. The Hall–Kier alpha value is -2.30. The zero-order valence-corrected chi connectivity index (χ0v) is 14.8. The lowest BCUT2D eigenvalue weighted by Crippen LogP contribution is -2.17. The first-order chi connectivity index (χ1) is 12.0. The minimum absolute atomic E-state index is 0.166. The Morgan fingerprint density at radius 3 is 2.40 bits per heavy atom. The van der Waals surface area contributed by atoms with Gasteiger partial charge >= 0.3 is 0 Å². The van der Waals surface area contributed by atoms with E-state index in [1.807, 2.05) is 13.0 Å². The Bertz CT molecular complexity index is 968. The number of aryl methyl sites for hydroxylation is 1. The molecule has 2 aromatic carbocycles. The molecule has 0 N–H and O–H groups in total. The quantitative estimate of drug-likeness (QED) is 0.607. The first-order valence-electron chi connectivity index (χ1n) is 7.47. The zero-order valence-electron chi connectivity index (χ0n) is 13.3. The van der Waals surface area contributed by atoms with Gasteiger partial charge in [-0.25, -0.2) is 4.39 Å². The van der Waals surface area contributed by atoms with Crippen LogP contribution >= 0.6 is 23.2 Å². The summed E-state index contributed by atoms with van der Waals surface area (Å²) in [7, 11) is 0. The molecule has 6 heteroatoms. The Balaban J connectivity index is 2.09. The first-order valence-corrected chi connectivity index (χ1v) is 8.23. The molecule has 0 unspecified atom stereocenters. The van der Waals surface area contributed by atoms with Crippen molar-refractivity contribution in [2.75, 3.05) is 6.86 Å². The number of alkyl halides is 1. The van der Waals surface area contributed by atoms with Gasteiger partial charge in [0.1, 0.15) is 5.75 Å². The number of hydrogen-bond donors (Lipinski definition) is 0. The van der Waals surface area contributed by atoms with Crippen molar-refractivity contribution in [3.05, 3.63) is 80.7 Å². The molecular formula is C19H14Cl2FNO2. The van der Waals surface area contributed by atoms with E-state index in [2.05, 4.69) is 0 Å². The molecule has 1 aromatic heterocycles. The molecule has 0 atom stereocenters. The van der Waals surface area contributed by atoms with E-state index in [1.54, 1.807) is 48.7 Å². The molecule has 3 rings (SSSR count). The lowest BCUT2D eigenvalue weighted by molar-refractivity contribution is 0.192. The third-order valence-corrected chi connectivity index (χ3v) is 4.57. The summed E-state index contributed by atoms with van der Waals surface area (Å²) in [5.41, 5.74) is 3.04. The van der Waals surface area contributed by atoms with Crippen molar-refractivity contribution in [3.63, 3.8) is 0 Å². The molecule has 0 aliphatic carbocycles. The molecule has 0 aliphatic rings. The van der Waals surface area contributed by atoms with Crippen LogP contribution in [0.1, 0.15) is 5.56 Å². The molecule has 0 radical (unpaired) electrons. The van der Waals surface area contributed by atoms with Gasteiger partial charge in [0.05, 0.1) is 10.0 Å². The molecule has 128 valence electrons. The lowest BCUT2D eigenvalue weighted by atomic mass is 10.0. The molecule has 0 aliphatic heterocycles. The van der Waals surface area contributed by atoms with E-state index < -0.39 is 6.86 Å². The average molecular weight is 378 g/mol. The lowest BCUT2D eigenvalue weighted by Gasteiger charge is -2.12. The van der Waals surface area contributed by atoms with Gasteiger partial charge < -0.3 is 4.74 Å². The second-order valence-electron chi connectivity index (χ2n) is 5.45. The van der Waals surface area contributed by atoms with E-state index in [0.29, 0.717) is 21.5 Å². The summed E-state index contributed by atoms with van der Waals surface area (Å²) < 4.78 is 18.5. The summed E-state index contributed by atoms with van der Waals surface area (Å²) in [5, 5.41) is 0.920. The maximum atomic E-state index is 12.4. The average Bonchev–Trinajstić information content (AvgIpc) is 2.59. The number of hydrogen-bond acceptors (Lipinski definition) is 2. The third kappa shape index (κ3) is 3.70. The number of rotatable bonds is 4. The maximum absolute atomic E-state index is 12.4. The molecule has 25 heavy (non-hydrogen) atoms. The van der Waals surface area contributed by atoms with Crippen LogP contribution in [-0.4, -0.2) is 11.4 Å². The van der Waals surface area contributed by atoms with Gasteiger partial charge in [0.2, 0.25) is 6.86 Å². The van der Waals surface area contributed by atoms with Crippen LogP contribution in [0.3, 0.4) is 0 Å². The van der Waals surface area contributed by atoms with Crippen LogP contribution in [0, 0.1) is 6.92 Å². The fraction of sp³-hybridized carbons (Fsp3) is 0.105. The van der Waals surface area contributed by atoms with E-state index in [0.717, 1.165) is 16.7 Å². The minimum atomic E-state index is -0.898. The van der Waals surface area contributed by atoms with Crippen LogP contribution in [0.2, 0.25) is 10.0 Å². The summed E-state index contributed by atoms with van der Waals surface area (Å²) in [6.07, 6.45) is 1.75. The molecule has 0 spiro atoms. The van der Waals surface area contributed by atoms with Crippen molar-refractivity contribution < 1.29 is 9.13 Å². The van der Waals surface area contributed by atoms with E-state index in [4.69, 9.17) is 27.9 Å². The smallest absolute Gasteiger partial charge is 0.255 e. The first kappa shape index (κ1) is 17.5. The van der Waals surface area contributed by atoms with Gasteiger partial charge in [-0.2, -0.15) is 0 Å². The van der Waals surface area contributed by atoms with Crippen LogP contribution in [0.15, 0.2) is 59.5 Å². The summed E-state index contributed by atoms with van der Waals surface area (Å²) in [4.78, 5) is 12.4. The monoisotopic (exact) mass is 377 g/mol. The summed E-state index contributed by atoms with van der Waals surface area (Å²) >= 11 is 12.1. The minimum Gasteiger partial charge on any atom is -0.463 e. The normalized spacial score (nSPS) is 10.7. The highest BCUT2D eigenvalue weighted by molar-refractivity contribution is 6.42. The predicted octanol–water partition coefficient (Wildman–Crippen LogP) is 5.43. The summed E-state index contributed by atoms with van der Waals surface area (Å²) in [5.74, 6) is 0.399. The van der Waals surface area contributed by atoms with E-state index in [1.165, 1.54) is 4.57 Å². The zero-order chi connectivity index (χ0) is 18.0. The molecule has 0 saturated carbocycles. The summed E-state index contributed by atoms with van der Waals surface area (Å²) in [6, 6.07) is 13.5. The number of pyridine rings is 1. The maximum Gasteiger partial charge on any atom is 0.255 e. The molecule has 0 saturated heterocycles. The number of halogens is 3. The fourth-order valence-electron chi connectivity index (χ4n) is 2.56. The fourth-order valence-corrected chi connectivity index (χ4v) is 2.86. The second-order valence-corrected chi connectivity index (χ2v) is 6.27. The van der Waals surface area contributed by atoms with Crippen LogP contribution < -0.4 is 10.3 Å². The highest BCUT2D eigenvalue weighted by Gasteiger charge is 2.09. The SMILES string of the molecule is Cc1cc(=O)n(-c2ccc(OCF)cc2)cc1-c1ccc(Cl)c(Cl)c1. The van der Waals surface area contributed by atoms with Crippen molar-refractivity contribution >= 4 is 23.2 Å². The third-order valence-electron chi connectivity index (χ3n) is 3.83. The molecule has 0 fully saturated rings. The van der Waals surface area contributed by atoms with Gasteiger partial charge in [-0.15, -0.1) is 0 Å². The molecule has 0 amide bonds. The van der Waals surface area contributed by atoms with Crippen LogP contribution in [0.5, 0.6) is 5.75 Å². The Morgan fingerprint density at radius 2 is 1.76 bits per heavy atom. The second kappa shape index (κ2) is 7.30. The van der Waals surface area contributed by atoms with Gasteiger partial charge in [0.15, 0.2) is 0 Å². The number of nitrogens with zero attached hydrogens (tertiary/aromatic N) is 1. The standard InChI is InChI=1S/C19H14Cl2FNO2/c1-12-8-19(24)23(14-3-5-15(6-4-14)25-11-22)10-16(12)13-2-7-17(20)18(21)9-13/h2-10H,11H2,1H3. The van der Waals surface area contributed by atoms with Gasteiger partial charge in [-0.3, -0.25) is 9.36 Å². The van der Waals surface area contributed by atoms with Crippen LogP contribution in [0.4, 0.5) is 4.39 Å². The van der Waals surface area contributed by atoms with E-state index in [-0.39, 0.29) is 5.56 Å². The van der Waals surface area contributed by atoms with E-state index >= 15 is 0 Å². The predicted molar refractivity (Wildman–Crippen MR) is 98.8 cm³/mol. The van der Waals surface area contributed by atoms with Crippen molar-refractivity contribution in [3.8, 4) is 22.6 Å². The van der Waals surface area contributed by atoms with Crippen molar-refractivity contribution in [1.82, 2.24) is 4.57 Å². The number of ether oxygens (including phenoxy) is 1. The highest BCUT2D eigenvalue weighted by atomic mass is 35.5. The summed E-state index contributed by atoms with van der Waals surface area (Å²) in [6.45, 7) is 0.965. The van der Waals surface area contributed by atoms with Crippen molar-refractivity contribution in [1.29, 1.82) is 0 Å². The van der Waals surface area contributed by atoms with Crippen LogP contribution in [-0.2, 0) is 0 Å². The molecule has 3 nitrogen and oxygen atoms in total. The Kier molecular flexibility index (Phi) is 5.11. The number of benzene rings is 2. The largest absolute Gasteiger partial charge is 0.463 e. The van der Waals surface area contributed by atoms with Gasteiger partial charge in [-0.05, 0) is 54.4 Å². The Labute approximate surface area is 154 Å². The van der Waals surface area contributed by atoms with Crippen molar-refractivity contribution in [2.45, 2.75) is 6.92 Å². The number of aromatic nitrogens is 1. The topological polar surface area (TPSA) is 31.2 Å². The molecule has 3 aromatic rings. The highest BCUT2D eigenvalue weighted by Crippen LogP contribution is 2.30. The van der Waals surface area contributed by atoms with Crippen LogP contribution in [0.25, 0.3) is 16.8 Å². The van der Waals surface area contributed by atoms with Crippen molar-refractivity contribution in [2.24, 2.45) is 0 Å². The van der Waals surface area contributed by atoms with Gasteiger partial charge in [0, 0.05) is 23.5 Å². The van der Waals surface area contributed by atoms with E-state index in [9.17, 15) is 9.18 Å². The van der Waals surface area contributed by atoms with Gasteiger partial charge in [0.25, 0.3) is 5.56 Å². The Morgan fingerprint density at radius 1 is 1.04 bits per heavy atom. The molecule has 1 heterocycles.